The van der Waals surface area contributed by atoms with Gasteiger partial charge in [-0.15, -0.1) is 0 Å². The fourth-order valence-electron chi connectivity index (χ4n) is 3.98. The van der Waals surface area contributed by atoms with Crippen molar-refractivity contribution in [2.45, 2.75) is 45.3 Å². The molecular formula is C26H26O5. The number of rotatable bonds is 4. The third kappa shape index (κ3) is 4.00. The van der Waals surface area contributed by atoms with E-state index >= 15 is 0 Å². The minimum Gasteiger partial charge on any atom is -0.496 e. The molecule has 1 saturated heterocycles. The largest absolute Gasteiger partial charge is 0.496 e. The van der Waals surface area contributed by atoms with Gasteiger partial charge in [-0.3, -0.25) is 9.59 Å². The van der Waals surface area contributed by atoms with E-state index in [0.29, 0.717) is 11.5 Å². The van der Waals surface area contributed by atoms with E-state index in [-0.39, 0.29) is 0 Å². The number of carbonyl (C=O) groups is 2. The second-order valence-electron chi connectivity index (χ2n) is 8.61. The molecule has 3 aromatic rings. The van der Waals surface area contributed by atoms with E-state index in [1.807, 2.05) is 30.3 Å². The molecule has 0 amide bonds. The van der Waals surface area contributed by atoms with Crippen LogP contribution in [-0.2, 0) is 19.1 Å². The molecular weight excluding hydrogens is 392 g/mol. The Morgan fingerprint density at radius 2 is 1.42 bits per heavy atom. The zero-order valence-corrected chi connectivity index (χ0v) is 18.4. The Morgan fingerprint density at radius 3 is 2.06 bits per heavy atom. The van der Waals surface area contributed by atoms with Gasteiger partial charge in [-0.2, -0.15) is 0 Å². The van der Waals surface area contributed by atoms with Crippen LogP contribution in [0.25, 0.3) is 21.9 Å². The summed E-state index contributed by atoms with van der Waals surface area (Å²) in [6.45, 7) is 7.38. The molecule has 4 rings (SSSR count). The molecule has 0 atom stereocenters. The van der Waals surface area contributed by atoms with Crippen LogP contribution < -0.4 is 4.74 Å². The van der Waals surface area contributed by atoms with Crippen molar-refractivity contribution in [1.82, 2.24) is 0 Å². The van der Waals surface area contributed by atoms with E-state index in [4.69, 9.17) is 14.2 Å². The minimum atomic E-state index is -1.23. The molecule has 5 nitrogen and oxygen atoms in total. The summed E-state index contributed by atoms with van der Waals surface area (Å²) in [6.07, 6.45) is 0. The Labute approximate surface area is 181 Å². The molecule has 0 N–H and O–H groups in total. The van der Waals surface area contributed by atoms with E-state index in [1.165, 1.54) is 0 Å². The first kappa shape index (κ1) is 20.9. The summed E-state index contributed by atoms with van der Waals surface area (Å²) in [6, 6.07) is 17.9. The van der Waals surface area contributed by atoms with Gasteiger partial charge in [0.05, 0.1) is 7.11 Å². The highest BCUT2D eigenvalue weighted by Crippen LogP contribution is 2.35. The Kier molecular flexibility index (Phi) is 5.21. The molecule has 0 spiro atoms. The van der Waals surface area contributed by atoms with Crippen molar-refractivity contribution in [3.05, 3.63) is 65.7 Å². The predicted octanol–water partition coefficient (Wildman–Crippen LogP) is 5.56. The van der Waals surface area contributed by atoms with Gasteiger partial charge < -0.3 is 14.2 Å². The first-order valence-electron chi connectivity index (χ1n) is 10.4. The van der Waals surface area contributed by atoms with Crippen molar-refractivity contribution < 1.29 is 23.8 Å². The molecule has 1 heterocycles. The quantitative estimate of drug-likeness (QED) is 0.410. The first-order chi connectivity index (χ1) is 14.7. The monoisotopic (exact) mass is 418 g/mol. The number of ether oxygens (including phenoxy) is 3. The SMILES string of the molecule is COc1ccc(-c2ccc3cc(C4C(=O)OC(C)(C)OC4=O)ccc3c2)cc1C(C)C. The highest BCUT2D eigenvalue weighted by molar-refractivity contribution is 6.03. The lowest BCUT2D eigenvalue weighted by atomic mass is 9.92. The Hall–Kier alpha value is -3.34. The maximum Gasteiger partial charge on any atom is 0.328 e. The normalized spacial score (nSPS) is 16.3. The van der Waals surface area contributed by atoms with Crippen LogP contribution in [0.15, 0.2) is 54.6 Å². The summed E-state index contributed by atoms with van der Waals surface area (Å²) in [4.78, 5) is 24.8. The molecule has 31 heavy (non-hydrogen) atoms. The molecule has 3 aromatic carbocycles. The second-order valence-corrected chi connectivity index (χ2v) is 8.61. The van der Waals surface area contributed by atoms with Gasteiger partial charge in [0, 0.05) is 13.8 Å². The summed E-state index contributed by atoms with van der Waals surface area (Å²) < 4.78 is 16.0. The van der Waals surface area contributed by atoms with Crippen LogP contribution in [-0.4, -0.2) is 24.8 Å². The van der Waals surface area contributed by atoms with E-state index in [2.05, 4.69) is 32.0 Å². The topological polar surface area (TPSA) is 61.8 Å². The summed E-state index contributed by atoms with van der Waals surface area (Å²) >= 11 is 0. The van der Waals surface area contributed by atoms with Crippen molar-refractivity contribution in [3.8, 4) is 16.9 Å². The van der Waals surface area contributed by atoms with Gasteiger partial charge in [0.2, 0.25) is 0 Å². The maximum atomic E-state index is 12.4. The maximum absolute atomic E-state index is 12.4. The number of methoxy groups -OCH3 is 1. The molecule has 1 aliphatic rings. The highest BCUT2D eigenvalue weighted by Gasteiger charge is 2.44. The third-order valence-electron chi connectivity index (χ3n) is 5.55. The average Bonchev–Trinajstić information content (AvgIpc) is 2.71. The smallest absolute Gasteiger partial charge is 0.328 e. The van der Waals surface area contributed by atoms with Gasteiger partial charge in [-0.1, -0.05) is 44.2 Å². The number of carbonyl (C=O) groups excluding carboxylic acids is 2. The zero-order valence-electron chi connectivity index (χ0n) is 18.4. The molecule has 1 fully saturated rings. The van der Waals surface area contributed by atoms with Crippen LogP contribution in [0.4, 0.5) is 0 Å². The minimum absolute atomic E-state index is 0.345. The molecule has 0 unspecified atom stereocenters. The second kappa shape index (κ2) is 7.73. The molecule has 1 aliphatic heterocycles. The summed E-state index contributed by atoms with van der Waals surface area (Å²) in [7, 11) is 1.69. The number of hydrogen-bond acceptors (Lipinski definition) is 5. The van der Waals surface area contributed by atoms with Gasteiger partial charge in [-0.05, 0) is 63.2 Å². The van der Waals surface area contributed by atoms with Crippen LogP contribution in [0.1, 0.15) is 50.7 Å². The van der Waals surface area contributed by atoms with Crippen LogP contribution in [0.2, 0.25) is 0 Å². The molecule has 0 aromatic heterocycles. The van der Waals surface area contributed by atoms with Crippen LogP contribution in [0.5, 0.6) is 5.75 Å². The molecule has 160 valence electrons. The van der Waals surface area contributed by atoms with Crippen LogP contribution >= 0.6 is 0 Å². The van der Waals surface area contributed by atoms with Gasteiger partial charge in [0.25, 0.3) is 5.79 Å². The molecule has 0 radical (unpaired) electrons. The third-order valence-corrected chi connectivity index (χ3v) is 5.55. The fraction of sp³-hybridized carbons (Fsp3) is 0.308. The van der Waals surface area contributed by atoms with E-state index in [9.17, 15) is 9.59 Å². The Bertz CT molecular complexity index is 1160. The Balaban J connectivity index is 1.69. The lowest BCUT2D eigenvalue weighted by molar-refractivity contribution is -0.234. The lowest BCUT2D eigenvalue weighted by Gasteiger charge is -2.33. The standard InChI is InChI=1S/C26H26O5/c1-15(2)21-14-19(10-11-22(21)29-5)17-6-7-18-13-20(9-8-16(18)12-17)23-24(27)30-26(3,4)31-25(23)28/h6-15,23H,1-5H3. The van der Waals surface area contributed by atoms with Gasteiger partial charge in [0.1, 0.15) is 5.75 Å². The zero-order chi connectivity index (χ0) is 22.3. The van der Waals surface area contributed by atoms with E-state index in [0.717, 1.165) is 33.2 Å². The molecule has 0 bridgehead atoms. The first-order valence-corrected chi connectivity index (χ1v) is 10.4. The fourth-order valence-corrected chi connectivity index (χ4v) is 3.98. The van der Waals surface area contributed by atoms with Crippen molar-refractivity contribution in [3.63, 3.8) is 0 Å². The molecule has 0 saturated carbocycles. The van der Waals surface area contributed by atoms with Gasteiger partial charge in [0.15, 0.2) is 5.92 Å². The average molecular weight is 418 g/mol. The molecule has 5 heteroatoms. The van der Waals surface area contributed by atoms with Crippen molar-refractivity contribution in [2.24, 2.45) is 0 Å². The number of cyclic esters (lactones) is 2. The Morgan fingerprint density at radius 1 is 0.839 bits per heavy atom. The number of fused-ring (bicyclic) bond motifs is 1. The number of hydrogen-bond donors (Lipinski definition) is 0. The lowest BCUT2D eigenvalue weighted by Crippen LogP contribution is -2.45. The van der Waals surface area contributed by atoms with Crippen molar-refractivity contribution in [2.75, 3.05) is 7.11 Å². The summed E-state index contributed by atoms with van der Waals surface area (Å²) in [5, 5.41) is 1.95. The van der Waals surface area contributed by atoms with Crippen molar-refractivity contribution in [1.29, 1.82) is 0 Å². The van der Waals surface area contributed by atoms with Crippen LogP contribution in [0.3, 0.4) is 0 Å². The van der Waals surface area contributed by atoms with Crippen LogP contribution in [0, 0.1) is 0 Å². The van der Waals surface area contributed by atoms with Crippen molar-refractivity contribution >= 4 is 22.7 Å². The predicted molar refractivity (Wildman–Crippen MR) is 119 cm³/mol. The number of benzene rings is 3. The van der Waals surface area contributed by atoms with E-state index < -0.39 is 23.6 Å². The number of esters is 2. The summed E-state index contributed by atoms with van der Waals surface area (Å²) in [5.74, 6) is -2.24. The highest BCUT2D eigenvalue weighted by atomic mass is 16.7. The summed E-state index contributed by atoms with van der Waals surface area (Å²) in [5.41, 5.74) is 3.92. The van der Waals surface area contributed by atoms with Gasteiger partial charge >= 0.3 is 11.9 Å². The van der Waals surface area contributed by atoms with E-state index in [1.54, 1.807) is 27.0 Å². The van der Waals surface area contributed by atoms with Gasteiger partial charge in [-0.25, -0.2) is 0 Å². The molecule has 0 aliphatic carbocycles.